The molecule has 0 unspecified atom stereocenters. The molecule has 5 heteroatoms. The number of unbranched alkanes of at least 4 members (excludes halogenated alkanes) is 1. The van der Waals surface area contributed by atoms with Crippen molar-refractivity contribution in [3.63, 3.8) is 0 Å². The monoisotopic (exact) mass is 289 g/mol. The molecule has 0 radical (unpaired) electrons. The zero-order valence-electron chi connectivity index (χ0n) is 12.7. The van der Waals surface area contributed by atoms with Crippen LogP contribution in [0.4, 0.5) is 0 Å². The van der Waals surface area contributed by atoms with Crippen LogP contribution in [0.15, 0.2) is 18.3 Å². The van der Waals surface area contributed by atoms with Crippen LogP contribution < -0.4 is 5.32 Å². The number of pyridine rings is 1. The van der Waals surface area contributed by atoms with Gasteiger partial charge in [-0.3, -0.25) is 4.79 Å². The van der Waals surface area contributed by atoms with E-state index in [-0.39, 0.29) is 12.5 Å². The molecule has 0 aliphatic rings. The molecule has 1 aromatic heterocycles. The number of carbonyl (C=O) groups is 1. The summed E-state index contributed by atoms with van der Waals surface area (Å²) in [5.41, 5.74) is 0.937. The highest BCUT2D eigenvalue weighted by Gasteiger charge is 2.10. The van der Waals surface area contributed by atoms with E-state index in [1.54, 1.807) is 18.3 Å². The lowest BCUT2D eigenvalue weighted by Gasteiger charge is -2.09. The molecule has 0 saturated heterocycles. The Morgan fingerprint density at radius 1 is 1.43 bits per heavy atom. The molecule has 0 atom stereocenters. The van der Waals surface area contributed by atoms with Gasteiger partial charge in [0.25, 0.3) is 5.91 Å². The lowest BCUT2D eigenvalue weighted by atomic mass is 10.2. The standard InChI is InChI=1S/C16H23N3O2/c1-19(2)12-5-4-10-18-16(21)15-14(8-3-6-13-20)9-7-11-17-15/h7,9,11,20H,4-6,10,12-13H2,1-2H3,(H,18,21). The predicted molar refractivity (Wildman–Crippen MR) is 82.9 cm³/mol. The van der Waals surface area contributed by atoms with Gasteiger partial charge in [0.2, 0.25) is 0 Å². The molecule has 21 heavy (non-hydrogen) atoms. The molecular formula is C16H23N3O2. The number of carbonyl (C=O) groups excluding carboxylic acids is 1. The van der Waals surface area contributed by atoms with Crippen molar-refractivity contribution >= 4 is 5.91 Å². The highest BCUT2D eigenvalue weighted by Crippen LogP contribution is 2.04. The lowest BCUT2D eigenvalue weighted by molar-refractivity contribution is 0.0947. The van der Waals surface area contributed by atoms with Gasteiger partial charge in [-0.25, -0.2) is 4.98 Å². The number of amides is 1. The first-order valence-corrected chi connectivity index (χ1v) is 7.13. The molecule has 1 aromatic rings. The van der Waals surface area contributed by atoms with Gasteiger partial charge in [0, 0.05) is 19.2 Å². The summed E-state index contributed by atoms with van der Waals surface area (Å²) in [4.78, 5) is 18.3. The number of aromatic nitrogens is 1. The molecule has 0 aliphatic heterocycles. The van der Waals surface area contributed by atoms with Crippen molar-refractivity contribution < 1.29 is 9.90 Å². The maximum absolute atomic E-state index is 12.1. The van der Waals surface area contributed by atoms with E-state index < -0.39 is 0 Å². The molecular weight excluding hydrogens is 266 g/mol. The number of hydrogen-bond donors (Lipinski definition) is 2. The molecule has 114 valence electrons. The Kier molecular flexibility index (Phi) is 8.10. The van der Waals surface area contributed by atoms with E-state index in [1.807, 2.05) is 14.1 Å². The van der Waals surface area contributed by atoms with Gasteiger partial charge in [-0.15, -0.1) is 0 Å². The minimum absolute atomic E-state index is 0.0146. The second kappa shape index (κ2) is 9.92. The number of hydrogen-bond acceptors (Lipinski definition) is 4. The third kappa shape index (κ3) is 6.89. The van der Waals surface area contributed by atoms with Crippen molar-refractivity contribution in [3.05, 3.63) is 29.6 Å². The van der Waals surface area contributed by atoms with Crippen LogP contribution in [-0.2, 0) is 0 Å². The molecule has 0 aromatic carbocycles. The molecule has 0 fully saturated rings. The van der Waals surface area contributed by atoms with E-state index in [9.17, 15) is 4.79 Å². The van der Waals surface area contributed by atoms with Crippen LogP contribution in [0.25, 0.3) is 0 Å². The third-order valence-corrected chi connectivity index (χ3v) is 2.80. The predicted octanol–water partition coefficient (Wildman–Crippen LogP) is 0.887. The minimum atomic E-state index is -0.200. The first kappa shape index (κ1) is 17.2. The van der Waals surface area contributed by atoms with Crippen molar-refractivity contribution in [2.45, 2.75) is 19.3 Å². The number of rotatable bonds is 7. The van der Waals surface area contributed by atoms with Gasteiger partial charge in [0.05, 0.1) is 12.2 Å². The van der Waals surface area contributed by atoms with Crippen LogP contribution in [-0.4, -0.2) is 54.7 Å². The van der Waals surface area contributed by atoms with Gasteiger partial charge in [-0.2, -0.15) is 0 Å². The molecule has 1 amide bonds. The molecule has 5 nitrogen and oxygen atoms in total. The van der Waals surface area contributed by atoms with Gasteiger partial charge in [0.1, 0.15) is 5.69 Å². The van der Waals surface area contributed by atoms with Crippen molar-refractivity contribution in [3.8, 4) is 11.8 Å². The molecule has 0 aliphatic carbocycles. The van der Waals surface area contributed by atoms with E-state index in [0.717, 1.165) is 19.4 Å². The lowest BCUT2D eigenvalue weighted by Crippen LogP contribution is -2.26. The van der Waals surface area contributed by atoms with Crippen molar-refractivity contribution in [1.29, 1.82) is 0 Å². The zero-order valence-corrected chi connectivity index (χ0v) is 12.7. The Morgan fingerprint density at radius 3 is 2.95 bits per heavy atom. The van der Waals surface area contributed by atoms with Crippen LogP contribution >= 0.6 is 0 Å². The largest absolute Gasteiger partial charge is 0.395 e. The Morgan fingerprint density at radius 2 is 2.24 bits per heavy atom. The Balaban J connectivity index is 2.52. The Bertz CT molecular complexity index is 504. The maximum Gasteiger partial charge on any atom is 0.271 e. The average Bonchev–Trinajstić information content (AvgIpc) is 2.47. The topological polar surface area (TPSA) is 65.5 Å². The molecule has 1 rings (SSSR count). The van der Waals surface area contributed by atoms with Gasteiger partial charge in [-0.1, -0.05) is 11.8 Å². The summed E-state index contributed by atoms with van der Waals surface area (Å²) >= 11 is 0. The van der Waals surface area contributed by atoms with Crippen molar-refractivity contribution in [2.75, 3.05) is 33.8 Å². The molecule has 0 spiro atoms. The van der Waals surface area contributed by atoms with Crippen LogP contribution in [0.2, 0.25) is 0 Å². The fraction of sp³-hybridized carbons (Fsp3) is 0.500. The summed E-state index contributed by atoms with van der Waals surface area (Å²) in [7, 11) is 4.06. The fourth-order valence-electron chi connectivity index (χ4n) is 1.74. The van der Waals surface area contributed by atoms with Crippen LogP contribution in [0.1, 0.15) is 35.3 Å². The van der Waals surface area contributed by atoms with Gasteiger partial charge < -0.3 is 15.3 Å². The smallest absolute Gasteiger partial charge is 0.271 e. The minimum Gasteiger partial charge on any atom is -0.395 e. The highest BCUT2D eigenvalue weighted by atomic mass is 16.2. The summed E-state index contributed by atoms with van der Waals surface area (Å²) in [6.07, 6.45) is 3.94. The Labute approximate surface area is 126 Å². The number of nitrogens with one attached hydrogen (secondary N) is 1. The fourth-order valence-corrected chi connectivity index (χ4v) is 1.74. The number of aliphatic hydroxyl groups excluding tert-OH is 1. The van der Waals surface area contributed by atoms with E-state index in [1.165, 1.54) is 0 Å². The molecule has 0 bridgehead atoms. The van der Waals surface area contributed by atoms with Gasteiger partial charge in [-0.05, 0) is 45.6 Å². The average molecular weight is 289 g/mol. The summed E-state index contributed by atoms with van der Waals surface area (Å²) < 4.78 is 0. The summed E-state index contributed by atoms with van der Waals surface area (Å²) in [5, 5.41) is 11.6. The summed E-state index contributed by atoms with van der Waals surface area (Å²) in [6.45, 7) is 1.66. The highest BCUT2D eigenvalue weighted by molar-refractivity contribution is 5.94. The van der Waals surface area contributed by atoms with E-state index >= 15 is 0 Å². The normalized spacial score (nSPS) is 10.1. The van der Waals surface area contributed by atoms with Gasteiger partial charge >= 0.3 is 0 Å². The number of nitrogens with zero attached hydrogens (tertiary/aromatic N) is 2. The first-order chi connectivity index (χ1) is 10.1. The second-order valence-electron chi connectivity index (χ2n) is 4.94. The Hall–Kier alpha value is -1.90. The molecule has 2 N–H and O–H groups in total. The number of aliphatic hydroxyl groups is 1. The van der Waals surface area contributed by atoms with Crippen LogP contribution in [0, 0.1) is 11.8 Å². The first-order valence-electron chi connectivity index (χ1n) is 7.13. The molecule has 1 heterocycles. The van der Waals surface area contributed by atoms with Crippen molar-refractivity contribution in [2.24, 2.45) is 0 Å². The maximum atomic E-state index is 12.1. The van der Waals surface area contributed by atoms with Gasteiger partial charge in [0.15, 0.2) is 0 Å². The molecule has 0 saturated carbocycles. The quantitative estimate of drug-likeness (QED) is 0.578. The van der Waals surface area contributed by atoms with Crippen molar-refractivity contribution in [1.82, 2.24) is 15.2 Å². The van der Waals surface area contributed by atoms with E-state index in [2.05, 4.69) is 27.0 Å². The van der Waals surface area contributed by atoms with E-state index in [4.69, 9.17) is 5.11 Å². The summed E-state index contributed by atoms with van der Waals surface area (Å²) in [5.74, 6) is 5.48. The third-order valence-electron chi connectivity index (χ3n) is 2.80. The SMILES string of the molecule is CN(C)CCCCNC(=O)c1ncccc1C#CCCO. The van der Waals surface area contributed by atoms with E-state index in [0.29, 0.717) is 24.2 Å². The van der Waals surface area contributed by atoms with Crippen LogP contribution in [0.3, 0.4) is 0 Å². The van der Waals surface area contributed by atoms with Crippen LogP contribution in [0.5, 0.6) is 0 Å². The summed E-state index contributed by atoms with van der Waals surface area (Å²) in [6, 6.07) is 3.51. The second-order valence-corrected chi connectivity index (χ2v) is 4.94. The zero-order chi connectivity index (χ0) is 15.5.